The van der Waals surface area contributed by atoms with Crippen molar-refractivity contribution in [3.8, 4) is 11.5 Å². The predicted molar refractivity (Wildman–Crippen MR) is 146 cm³/mol. The van der Waals surface area contributed by atoms with Crippen LogP contribution in [0.15, 0.2) is 24.0 Å². The molecule has 5 rings (SSSR count). The van der Waals surface area contributed by atoms with Crippen molar-refractivity contribution >= 4 is 27.9 Å². The number of esters is 2. The second kappa shape index (κ2) is 10.6. The zero-order chi connectivity index (χ0) is 28.0. The lowest BCUT2D eigenvalue weighted by molar-refractivity contribution is -0.178. The van der Waals surface area contributed by atoms with Gasteiger partial charge in [0.2, 0.25) is 6.79 Å². The predicted octanol–water partition coefficient (Wildman–Crippen LogP) is 3.98. The van der Waals surface area contributed by atoms with Gasteiger partial charge in [0.25, 0.3) is 0 Å². The molecule has 1 N–H and O–H groups in total. The number of alkyl halides is 1. The molecule has 3 aliphatic heterocycles. The van der Waals surface area contributed by atoms with Gasteiger partial charge in [-0.3, -0.25) is 9.69 Å². The molecule has 39 heavy (non-hydrogen) atoms. The monoisotopic (exact) mass is 607 g/mol. The summed E-state index contributed by atoms with van der Waals surface area (Å²) in [6.07, 6.45) is 4.83. The molecule has 0 amide bonds. The maximum atomic E-state index is 13.8. The number of aliphatic hydroxyl groups is 1. The number of benzene rings is 1. The Morgan fingerprint density at radius 3 is 2.62 bits per heavy atom. The van der Waals surface area contributed by atoms with Crippen molar-refractivity contribution in [1.29, 1.82) is 0 Å². The van der Waals surface area contributed by atoms with Crippen LogP contribution < -0.4 is 9.47 Å². The average Bonchev–Trinajstić information content (AvgIpc) is 3.56. The van der Waals surface area contributed by atoms with Crippen LogP contribution in [-0.4, -0.2) is 77.6 Å². The molecular formula is C29H38BrNO8. The first-order valence-corrected chi connectivity index (χ1v) is 14.4. The topological polar surface area (TPSA) is 104 Å². The zero-order valence-corrected chi connectivity index (χ0v) is 24.7. The highest BCUT2D eigenvalue weighted by Crippen LogP contribution is 2.55. The fraction of sp³-hybridized carbons (Fsp3) is 0.655. The molecule has 10 heteroatoms. The van der Waals surface area contributed by atoms with E-state index >= 15 is 0 Å². The molecule has 3 heterocycles. The number of methoxy groups -OCH3 is 2. The number of halogens is 1. The number of hydrogen-bond acceptors (Lipinski definition) is 9. The van der Waals surface area contributed by atoms with Crippen molar-refractivity contribution in [2.75, 3.05) is 34.1 Å². The molecule has 4 aliphatic rings. The standard InChI is InChI=1S/C29H38BrNO8/c1-27(2,30)8-5-10-29(34,16-23(32)36-4)26(33)39-25-22(35-3)15-28-9-6-11-31(28)12-7-18-13-20-21(38-17-37-20)14-19(18)24(25)28/h13-15,24-25,34H,5-12,16-17H2,1-4H3/t24-,25?,28+,29+/m1/s1. The number of ether oxygens (including phenoxy) is 5. The number of hydrogen-bond donors (Lipinski definition) is 1. The molecule has 214 valence electrons. The minimum atomic E-state index is -2.03. The normalized spacial score (nSPS) is 27.0. The highest BCUT2D eigenvalue weighted by atomic mass is 79.9. The van der Waals surface area contributed by atoms with E-state index in [0.717, 1.165) is 49.2 Å². The van der Waals surface area contributed by atoms with Gasteiger partial charge < -0.3 is 28.8 Å². The number of carbonyl (C=O) groups excluding carboxylic acids is 2. The third-order valence-electron chi connectivity index (χ3n) is 8.60. The van der Waals surface area contributed by atoms with Gasteiger partial charge in [0.15, 0.2) is 23.2 Å². The Labute approximate surface area is 237 Å². The summed E-state index contributed by atoms with van der Waals surface area (Å²) in [7, 11) is 2.82. The number of fused-ring (bicyclic) bond motifs is 3. The molecule has 0 bridgehead atoms. The van der Waals surface area contributed by atoms with Crippen molar-refractivity contribution in [1.82, 2.24) is 4.90 Å². The Kier molecular flexibility index (Phi) is 7.67. The highest BCUT2D eigenvalue weighted by molar-refractivity contribution is 9.10. The minimum absolute atomic E-state index is 0.0614. The molecule has 1 saturated heterocycles. The van der Waals surface area contributed by atoms with Gasteiger partial charge in [-0.2, -0.15) is 0 Å². The second-order valence-corrected chi connectivity index (χ2v) is 13.8. The first-order valence-electron chi connectivity index (χ1n) is 13.6. The van der Waals surface area contributed by atoms with Gasteiger partial charge in [-0.1, -0.05) is 29.8 Å². The van der Waals surface area contributed by atoms with Crippen molar-refractivity contribution in [3.05, 3.63) is 35.1 Å². The molecule has 1 spiro atoms. The fourth-order valence-corrected chi connectivity index (χ4v) is 6.97. The minimum Gasteiger partial charge on any atom is -0.497 e. The maximum absolute atomic E-state index is 13.8. The number of carbonyl (C=O) groups is 2. The fourth-order valence-electron chi connectivity index (χ4n) is 6.69. The van der Waals surface area contributed by atoms with E-state index in [4.69, 9.17) is 23.7 Å². The van der Waals surface area contributed by atoms with Crippen LogP contribution in [0.4, 0.5) is 0 Å². The largest absolute Gasteiger partial charge is 0.497 e. The summed E-state index contributed by atoms with van der Waals surface area (Å²) in [6, 6.07) is 4.05. The van der Waals surface area contributed by atoms with E-state index in [9.17, 15) is 14.7 Å². The van der Waals surface area contributed by atoms with Gasteiger partial charge in [0, 0.05) is 10.9 Å². The molecule has 0 radical (unpaired) electrons. The van der Waals surface area contributed by atoms with Crippen LogP contribution in [0.1, 0.15) is 69.4 Å². The van der Waals surface area contributed by atoms with E-state index in [1.165, 1.54) is 7.11 Å². The smallest absolute Gasteiger partial charge is 0.339 e. The highest BCUT2D eigenvalue weighted by Gasteiger charge is 2.59. The average molecular weight is 609 g/mol. The van der Waals surface area contributed by atoms with Gasteiger partial charge >= 0.3 is 11.9 Å². The van der Waals surface area contributed by atoms with Crippen LogP contribution in [-0.2, 0) is 30.2 Å². The van der Waals surface area contributed by atoms with Crippen molar-refractivity contribution in [2.24, 2.45) is 0 Å². The summed E-state index contributed by atoms with van der Waals surface area (Å²) in [5.74, 6) is 0.153. The molecular weight excluding hydrogens is 570 g/mol. The Hall–Kier alpha value is -2.30. The lowest BCUT2D eigenvalue weighted by Gasteiger charge is -2.39. The van der Waals surface area contributed by atoms with E-state index < -0.39 is 35.6 Å². The molecule has 1 aromatic rings. The Balaban J connectivity index is 1.50. The van der Waals surface area contributed by atoms with E-state index in [1.807, 2.05) is 26.0 Å². The van der Waals surface area contributed by atoms with Crippen LogP contribution in [0.2, 0.25) is 0 Å². The first kappa shape index (κ1) is 28.2. The summed E-state index contributed by atoms with van der Waals surface area (Å²) in [5.41, 5.74) is -0.274. The van der Waals surface area contributed by atoms with Gasteiger partial charge in [0.1, 0.15) is 5.76 Å². The van der Waals surface area contributed by atoms with Crippen LogP contribution in [0.25, 0.3) is 0 Å². The van der Waals surface area contributed by atoms with E-state index in [0.29, 0.717) is 24.4 Å². The van der Waals surface area contributed by atoms with Crippen LogP contribution >= 0.6 is 15.9 Å². The summed E-state index contributed by atoms with van der Waals surface area (Å²) in [6.45, 7) is 5.99. The maximum Gasteiger partial charge on any atom is 0.339 e. The van der Waals surface area contributed by atoms with Crippen LogP contribution in [0.5, 0.6) is 11.5 Å². The molecule has 1 fully saturated rings. The Bertz CT molecular complexity index is 1160. The first-order chi connectivity index (χ1) is 18.5. The van der Waals surface area contributed by atoms with E-state index in [1.54, 1.807) is 7.11 Å². The van der Waals surface area contributed by atoms with Gasteiger partial charge in [-0.05, 0) is 74.4 Å². The van der Waals surface area contributed by atoms with E-state index in [2.05, 4.69) is 26.9 Å². The lowest BCUT2D eigenvalue weighted by Crippen LogP contribution is -2.49. The zero-order valence-electron chi connectivity index (χ0n) is 23.1. The van der Waals surface area contributed by atoms with Crippen molar-refractivity contribution in [2.45, 2.75) is 86.3 Å². The summed E-state index contributed by atoms with van der Waals surface area (Å²) in [4.78, 5) is 28.5. The Morgan fingerprint density at radius 2 is 1.92 bits per heavy atom. The molecule has 9 nitrogen and oxygen atoms in total. The third kappa shape index (κ3) is 5.27. The van der Waals surface area contributed by atoms with Crippen LogP contribution in [0, 0.1) is 0 Å². The van der Waals surface area contributed by atoms with Gasteiger partial charge in [-0.25, -0.2) is 4.79 Å². The molecule has 1 aliphatic carbocycles. The van der Waals surface area contributed by atoms with Gasteiger partial charge in [0.05, 0.1) is 32.1 Å². The Morgan fingerprint density at radius 1 is 1.18 bits per heavy atom. The van der Waals surface area contributed by atoms with Gasteiger partial charge in [-0.15, -0.1) is 0 Å². The van der Waals surface area contributed by atoms with Crippen molar-refractivity contribution in [3.63, 3.8) is 0 Å². The third-order valence-corrected chi connectivity index (χ3v) is 9.00. The summed E-state index contributed by atoms with van der Waals surface area (Å²) in [5, 5.41) is 11.6. The molecule has 1 aromatic carbocycles. The van der Waals surface area contributed by atoms with Crippen molar-refractivity contribution < 1.29 is 38.4 Å². The molecule has 1 unspecified atom stereocenters. The lowest BCUT2D eigenvalue weighted by atomic mass is 9.77. The molecule has 4 atom stereocenters. The number of nitrogens with zero attached hydrogens (tertiary/aromatic N) is 1. The quantitative estimate of drug-likeness (QED) is 0.330. The molecule has 0 saturated carbocycles. The SMILES string of the molecule is COC(=O)C[C@@](O)(CCCC(C)(C)Br)C(=O)OC1C(OC)=C[C@]23CCCN2CCc2cc4c(cc2[C@H]13)OCO4. The second-order valence-electron chi connectivity index (χ2n) is 11.6. The van der Waals surface area contributed by atoms with E-state index in [-0.39, 0.29) is 23.5 Å². The van der Waals surface area contributed by atoms with Crippen LogP contribution in [0.3, 0.4) is 0 Å². The summed E-state index contributed by atoms with van der Waals surface area (Å²) >= 11 is 3.61. The summed E-state index contributed by atoms with van der Waals surface area (Å²) < 4.78 is 28.1. The number of rotatable bonds is 9. The molecule has 0 aromatic heterocycles.